The van der Waals surface area contributed by atoms with Crippen LogP contribution in [0, 0.1) is 13.8 Å². The van der Waals surface area contributed by atoms with Crippen LogP contribution in [0.15, 0.2) is 12.1 Å². The summed E-state index contributed by atoms with van der Waals surface area (Å²) in [7, 11) is 2.06. The molecule has 1 aliphatic rings. The maximum Gasteiger partial charge on any atom is 0.387 e. The Morgan fingerprint density at radius 3 is 2.32 bits per heavy atom. The average Bonchev–Trinajstić information content (AvgIpc) is 2.45. The van der Waals surface area contributed by atoms with E-state index in [1.54, 1.807) is 26.0 Å². The number of benzene rings is 1. The van der Waals surface area contributed by atoms with Gasteiger partial charge in [-0.15, -0.1) is 0 Å². The van der Waals surface area contributed by atoms with E-state index in [2.05, 4.69) is 22.0 Å². The molecule has 1 amide bonds. The lowest BCUT2D eigenvalue weighted by Crippen LogP contribution is -2.43. The minimum absolute atomic E-state index is 0.144. The number of carbonyl (C=O) groups excluding carboxylic acids is 1. The monoisotopic (exact) mass is 312 g/mol. The van der Waals surface area contributed by atoms with Gasteiger partial charge in [-0.2, -0.15) is 8.78 Å². The number of amides is 1. The number of carbonyl (C=O) groups is 1. The molecule has 0 unspecified atom stereocenters. The van der Waals surface area contributed by atoms with Crippen LogP contribution >= 0.6 is 0 Å². The maximum atomic E-state index is 12.4. The molecule has 1 heterocycles. The van der Waals surface area contributed by atoms with Gasteiger partial charge in [0, 0.05) is 11.6 Å². The summed E-state index contributed by atoms with van der Waals surface area (Å²) in [6.45, 7) is 2.39. The van der Waals surface area contributed by atoms with Crippen LogP contribution in [-0.2, 0) is 0 Å². The van der Waals surface area contributed by atoms with Crippen molar-refractivity contribution in [1.82, 2.24) is 10.2 Å². The van der Waals surface area contributed by atoms with Crippen LogP contribution in [0.2, 0.25) is 0 Å². The molecule has 1 aliphatic heterocycles. The first-order valence-electron chi connectivity index (χ1n) is 7.42. The summed E-state index contributed by atoms with van der Waals surface area (Å²) in [5.74, 6) is -0.0183. The quantitative estimate of drug-likeness (QED) is 0.929. The Hall–Kier alpha value is -1.69. The highest BCUT2D eigenvalue weighted by Crippen LogP contribution is 2.26. The van der Waals surface area contributed by atoms with Crippen molar-refractivity contribution < 1.29 is 18.3 Å². The van der Waals surface area contributed by atoms with E-state index in [1.807, 2.05) is 0 Å². The van der Waals surface area contributed by atoms with E-state index in [-0.39, 0.29) is 17.7 Å². The molecule has 0 aromatic heterocycles. The third-order valence-corrected chi connectivity index (χ3v) is 3.98. The Kier molecular flexibility index (Phi) is 5.34. The number of likely N-dealkylation sites (tertiary alicyclic amines) is 1. The second kappa shape index (κ2) is 7.05. The topological polar surface area (TPSA) is 41.6 Å². The predicted molar refractivity (Wildman–Crippen MR) is 80.5 cm³/mol. The largest absolute Gasteiger partial charge is 0.434 e. The van der Waals surface area contributed by atoms with Gasteiger partial charge in [-0.05, 0) is 70.1 Å². The van der Waals surface area contributed by atoms with E-state index in [0.717, 1.165) is 25.9 Å². The minimum atomic E-state index is -2.86. The number of halogens is 2. The molecule has 1 fully saturated rings. The fraction of sp³-hybridized carbons (Fsp3) is 0.562. The number of rotatable bonds is 4. The SMILES string of the molecule is Cc1cc(C(=O)NC2CCN(C)CC2)cc(C)c1OC(F)F. The highest BCUT2D eigenvalue weighted by atomic mass is 19.3. The minimum Gasteiger partial charge on any atom is -0.434 e. The number of piperidine rings is 1. The van der Waals surface area contributed by atoms with Crippen molar-refractivity contribution >= 4 is 5.91 Å². The summed E-state index contributed by atoms with van der Waals surface area (Å²) in [6.07, 6.45) is 1.85. The molecule has 4 nitrogen and oxygen atoms in total. The van der Waals surface area contributed by atoms with Crippen LogP contribution in [0.3, 0.4) is 0 Å². The molecule has 0 aliphatic carbocycles. The molecule has 122 valence electrons. The Labute approximate surface area is 129 Å². The van der Waals surface area contributed by atoms with E-state index in [9.17, 15) is 13.6 Å². The van der Waals surface area contributed by atoms with Crippen LogP contribution in [0.25, 0.3) is 0 Å². The zero-order valence-electron chi connectivity index (χ0n) is 13.2. The first-order chi connectivity index (χ1) is 10.4. The number of alkyl halides is 2. The van der Waals surface area contributed by atoms with Gasteiger partial charge in [0.05, 0.1) is 0 Å². The summed E-state index contributed by atoms with van der Waals surface area (Å²) < 4.78 is 29.3. The van der Waals surface area contributed by atoms with Crippen molar-refractivity contribution in [3.63, 3.8) is 0 Å². The first-order valence-corrected chi connectivity index (χ1v) is 7.42. The standard InChI is InChI=1S/C16H22F2N2O2/c1-10-8-12(9-11(2)14(10)22-16(17)18)15(21)19-13-4-6-20(3)7-5-13/h8-9,13,16H,4-7H2,1-3H3,(H,19,21). The summed E-state index contributed by atoms with van der Waals surface area (Å²) >= 11 is 0. The van der Waals surface area contributed by atoms with Crippen LogP contribution in [-0.4, -0.2) is 43.6 Å². The number of hydrogen-bond donors (Lipinski definition) is 1. The maximum absolute atomic E-state index is 12.4. The number of aryl methyl sites for hydroxylation is 2. The number of nitrogens with one attached hydrogen (secondary N) is 1. The van der Waals surface area contributed by atoms with Crippen LogP contribution in [0.4, 0.5) is 8.78 Å². The molecule has 0 atom stereocenters. The van der Waals surface area contributed by atoms with Crippen LogP contribution < -0.4 is 10.1 Å². The van der Waals surface area contributed by atoms with E-state index >= 15 is 0 Å². The molecule has 1 aromatic carbocycles. The fourth-order valence-corrected chi connectivity index (χ4v) is 2.78. The highest BCUT2D eigenvalue weighted by Gasteiger charge is 2.20. The van der Waals surface area contributed by atoms with Gasteiger partial charge >= 0.3 is 6.61 Å². The zero-order valence-corrected chi connectivity index (χ0v) is 13.2. The molecule has 1 N–H and O–H groups in total. The summed E-state index contributed by atoms with van der Waals surface area (Å²) in [5, 5.41) is 3.02. The lowest BCUT2D eigenvalue weighted by Gasteiger charge is -2.29. The van der Waals surface area contributed by atoms with E-state index < -0.39 is 6.61 Å². The van der Waals surface area contributed by atoms with Crippen molar-refractivity contribution in [2.45, 2.75) is 39.3 Å². The van der Waals surface area contributed by atoms with E-state index in [0.29, 0.717) is 16.7 Å². The molecule has 6 heteroatoms. The molecular weight excluding hydrogens is 290 g/mol. The number of nitrogens with zero attached hydrogens (tertiary/aromatic N) is 1. The van der Waals surface area contributed by atoms with Crippen molar-refractivity contribution in [3.05, 3.63) is 28.8 Å². The summed E-state index contributed by atoms with van der Waals surface area (Å²) in [6, 6.07) is 3.35. The molecule has 1 saturated heterocycles. The van der Waals surface area contributed by atoms with E-state index in [4.69, 9.17) is 0 Å². The summed E-state index contributed by atoms with van der Waals surface area (Å²) in [5.41, 5.74) is 1.55. The zero-order chi connectivity index (χ0) is 16.3. The first kappa shape index (κ1) is 16.7. The Morgan fingerprint density at radius 2 is 1.82 bits per heavy atom. The van der Waals surface area contributed by atoms with Gasteiger partial charge < -0.3 is 15.0 Å². The Bertz CT molecular complexity index is 518. The molecular formula is C16H22F2N2O2. The number of hydrogen-bond acceptors (Lipinski definition) is 3. The van der Waals surface area contributed by atoms with Gasteiger partial charge in [0.25, 0.3) is 5.91 Å². The molecule has 0 saturated carbocycles. The Morgan fingerprint density at radius 1 is 1.27 bits per heavy atom. The van der Waals surface area contributed by atoms with Crippen molar-refractivity contribution in [3.8, 4) is 5.75 Å². The molecule has 2 rings (SSSR count). The van der Waals surface area contributed by atoms with Crippen molar-refractivity contribution in [2.75, 3.05) is 20.1 Å². The predicted octanol–water partition coefficient (Wildman–Crippen LogP) is 2.73. The molecule has 0 radical (unpaired) electrons. The third kappa shape index (κ3) is 4.16. The molecule has 1 aromatic rings. The fourth-order valence-electron chi connectivity index (χ4n) is 2.78. The Balaban J connectivity index is 2.07. The smallest absolute Gasteiger partial charge is 0.387 e. The summed E-state index contributed by atoms with van der Waals surface area (Å²) in [4.78, 5) is 14.5. The third-order valence-electron chi connectivity index (χ3n) is 3.98. The highest BCUT2D eigenvalue weighted by molar-refractivity contribution is 5.95. The second-order valence-electron chi connectivity index (χ2n) is 5.87. The number of ether oxygens (including phenoxy) is 1. The molecule has 22 heavy (non-hydrogen) atoms. The van der Waals surface area contributed by atoms with Gasteiger partial charge in [0.2, 0.25) is 0 Å². The average molecular weight is 312 g/mol. The van der Waals surface area contributed by atoms with Gasteiger partial charge in [-0.1, -0.05) is 0 Å². The van der Waals surface area contributed by atoms with Crippen molar-refractivity contribution in [1.29, 1.82) is 0 Å². The van der Waals surface area contributed by atoms with Crippen molar-refractivity contribution in [2.24, 2.45) is 0 Å². The normalized spacial score (nSPS) is 16.8. The van der Waals surface area contributed by atoms with Gasteiger partial charge in [-0.3, -0.25) is 4.79 Å². The van der Waals surface area contributed by atoms with E-state index in [1.165, 1.54) is 0 Å². The lowest BCUT2D eigenvalue weighted by molar-refractivity contribution is -0.0507. The molecule has 0 bridgehead atoms. The second-order valence-corrected chi connectivity index (χ2v) is 5.87. The van der Waals surface area contributed by atoms with Crippen LogP contribution in [0.5, 0.6) is 5.75 Å². The lowest BCUT2D eigenvalue weighted by atomic mass is 10.0. The van der Waals surface area contributed by atoms with Gasteiger partial charge in [0.15, 0.2) is 0 Å². The van der Waals surface area contributed by atoms with Gasteiger partial charge in [0.1, 0.15) is 5.75 Å². The van der Waals surface area contributed by atoms with Gasteiger partial charge in [-0.25, -0.2) is 0 Å². The molecule has 0 spiro atoms. The van der Waals surface area contributed by atoms with Crippen LogP contribution in [0.1, 0.15) is 34.3 Å².